The molecule has 1 atom stereocenters. The van der Waals surface area contributed by atoms with Crippen LogP contribution in [-0.2, 0) is 11.2 Å². The molecule has 3 aliphatic rings. The fourth-order valence-electron chi connectivity index (χ4n) is 4.73. The van der Waals surface area contributed by atoms with Crippen LogP contribution in [0.25, 0.3) is 0 Å². The minimum absolute atomic E-state index is 0.225. The van der Waals surface area contributed by atoms with Gasteiger partial charge in [0, 0.05) is 32.2 Å². The summed E-state index contributed by atoms with van der Waals surface area (Å²) >= 11 is 0. The average molecular weight is 359 g/mol. The molecule has 0 aromatic heterocycles. The van der Waals surface area contributed by atoms with E-state index < -0.39 is 5.54 Å². The molecule has 5 heteroatoms. The van der Waals surface area contributed by atoms with Crippen molar-refractivity contribution >= 4 is 5.91 Å². The van der Waals surface area contributed by atoms with Gasteiger partial charge < -0.3 is 10.2 Å². The summed E-state index contributed by atoms with van der Waals surface area (Å²) in [4.78, 5) is 18.1. The number of hydrogen-bond acceptors (Lipinski definition) is 3. The van der Waals surface area contributed by atoms with Crippen LogP contribution in [-0.4, -0.2) is 60.0 Å². The summed E-state index contributed by atoms with van der Waals surface area (Å²) in [5, 5.41) is 3.51. The van der Waals surface area contributed by atoms with Gasteiger partial charge in [-0.2, -0.15) is 0 Å². The summed E-state index contributed by atoms with van der Waals surface area (Å²) in [7, 11) is 0. The molecule has 0 spiro atoms. The normalized spacial score (nSPS) is 28.0. The summed E-state index contributed by atoms with van der Waals surface area (Å²) in [6.45, 7) is 4.70. The lowest BCUT2D eigenvalue weighted by Crippen LogP contribution is -2.57. The van der Waals surface area contributed by atoms with Crippen LogP contribution in [0.5, 0.6) is 0 Å². The molecule has 26 heavy (non-hydrogen) atoms. The smallest absolute Gasteiger partial charge is 0.243 e. The molecule has 4 nitrogen and oxygen atoms in total. The van der Waals surface area contributed by atoms with E-state index in [1.165, 1.54) is 31.4 Å². The number of benzene rings is 1. The molecule has 2 heterocycles. The Morgan fingerprint density at radius 1 is 1.08 bits per heavy atom. The zero-order chi connectivity index (χ0) is 18.0. The third-order valence-electron chi connectivity index (χ3n) is 6.48. The van der Waals surface area contributed by atoms with Crippen molar-refractivity contribution in [2.24, 2.45) is 0 Å². The maximum Gasteiger partial charge on any atom is 0.243 e. The molecule has 1 saturated carbocycles. The van der Waals surface area contributed by atoms with Gasteiger partial charge in [-0.1, -0.05) is 18.6 Å². The lowest BCUT2D eigenvalue weighted by molar-refractivity contribution is -0.137. The highest BCUT2D eigenvalue weighted by atomic mass is 19.1. The second kappa shape index (κ2) is 7.65. The van der Waals surface area contributed by atoms with Gasteiger partial charge in [-0.3, -0.25) is 9.69 Å². The highest BCUT2D eigenvalue weighted by Gasteiger charge is 2.43. The Morgan fingerprint density at radius 3 is 2.54 bits per heavy atom. The highest BCUT2D eigenvalue weighted by molar-refractivity contribution is 5.87. The quantitative estimate of drug-likeness (QED) is 0.898. The van der Waals surface area contributed by atoms with E-state index in [1.807, 2.05) is 12.1 Å². The van der Waals surface area contributed by atoms with E-state index in [4.69, 9.17) is 0 Å². The summed E-state index contributed by atoms with van der Waals surface area (Å²) in [6, 6.07) is 7.36. The van der Waals surface area contributed by atoms with Crippen molar-refractivity contribution < 1.29 is 9.18 Å². The number of rotatable bonds is 4. The number of nitrogens with one attached hydrogen (secondary N) is 1. The van der Waals surface area contributed by atoms with Crippen molar-refractivity contribution in [1.29, 1.82) is 0 Å². The Labute approximate surface area is 155 Å². The largest absolute Gasteiger partial charge is 0.340 e. The summed E-state index contributed by atoms with van der Waals surface area (Å²) < 4.78 is 13.2. The average Bonchev–Trinajstić information content (AvgIpc) is 2.94. The van der Waals surface area contributed by atoms with Gasteiger partial charge in [0.25, 0.3) is 0 Å². The van der Waals surface area contributed by atoms with Crippen LogP contribution in [0, 0.1) is 5.82 Å². The van der Waals surface area contributed by atoms with Gasteiger partial charge in [-0.15, -0.1) is 0 Å². The van der Waals surface area contributed by atoms with E-state index in [0.717, 1.165) is 63.6 Å². The monoisotopic (exact) mass is 359 g/mol. The van der Waals surface area contributed by atoms with Crippen LogP contribution in [0.15, 0.2) is 24.3 Å². The molecule has 2 aliphatic heterocycles. The highest BCUT2D eigenvalue weighted by Crippen LogP contribution is 2.29. The number of amides is 1. The Hall–Kier alpha value is -1.46. The first kappa shape index (κ1) is 17.9. The molecule has 1 N–H and O–H groups in total. The van der Waals surface area contributed by atoms with Crippen molar-refractivity contribution in [2.45, 2.75) is 56.5 Å². The van der Waals surface area contributed by atoms with Crippen molar-refractivity contribution in [3.05, 3.63) is 35.6 Å². The number of carbonyl (C=O) groups excluding carboxylic acids is 1. The van der Waals surface area contributed by atoms with Gasteiger partial charge in [-0.25, -0.2) is 4.39 Å². The Kier molecular flexibility index (Phi) is 5.28. The SMILES string of the molecule is O=C(N1CCCN(C2CCC2)CC1)C1(Cc2ccc(F)cc2)CCCN1. The fourth-order valence-corrected chi connectivity index (χ4v) is 4.73. The van der Waals surface area contributed by atoms with Gasteiger partial charge in [0.05, 0.1) is 0 Å². The number of hydrogen-bond donors (Lipinski definition) is 1. The Morgan fingerprint density at radius 2 is 1.88 bits per heavy atom. The van der Waals surface area contributed by atoms with Gasteiger partial charge in [0.15, 0.2) is 0 Å². The maximum absolute atomic E-state index is 13.5. The standard InChI is InChI=1S/C21H30FN3O/c22-18-8-6-17(7-9-18)16-21(10-2-11-23-21)20(26)25-13-3-12-24(14-15-25)19-4-1-5-19/h6-9,19,23H,1-5,10-16H2. The first-order valence-electron chi connectivity index (χ1n) is 10.2. The van der Waals surface area contributed by atoms with Crippen molar-refractivity contribution in [2.75, 3.05) is 32.7 Å². The molecule has 1 aromatic rings. The molecule has 1 aromatic carbocycles. The van der Waals surface area contributed by atoms with Gasteiger partial charge in [-0.05, 0) is 62.8 Å². The van der Waals surface area contributed by atoms with E-state index in [9.17, 15) is 9.18 Å². The second-order valence-corrected chi connectivity index (χ2v) is 8.18. The van der Waals surface area contributed by atoms with Crippen LogP contribution in [0.2, 0.25) is 0 Å². The maximum atomic E-state index is 13.5. The molecular weight excluding hydrogens is 329 g/mol. The van der Waals surface area contributed by atoms with E-state index in [1.54, 1.807) is 0 Å². The zero-order valence-corrected chi connectivity index (χ0v) is 15.6. The Balaban J connectivity index is 1.45. The Bertz CT molecular complexity index is 623. The van der Waals surface area contributed by atoms with Crippen LogP contribution in [0.4, 0.5) is 4.39 Å². The van der Waals surface area contributed by atoms with Crippen LogP contribution in [0.3, 0.4) is 0 Å². The molecule has 1 unspecified atom stereocenters. The third kappa shape index (κ3) is 3.65. The van der Waals surface area contributed by atoms with Crippen LogP contribution in [0.1, 0.15) is 44.1 Å². The third-order valence-corrected chi connectivity index (χ3v) is 6.48. The molecule has 1 aliphatic carbocycles. The van der Waals surface area contributed by atoms with Crippen molar-refractivity contribution in [3.8, 4) is 0 Å². The van der Waals surface area contributed by atoms with Gasteiger partial charge >= 0.3 is 0 Å². The minimum Gasteiger partial charge on any atom is -0.340 e. The van der Waals surface area contributed by atoms with Crippen LogP contribution >= 0.6 is 0 Å². The zero-order valence-electron chi connectivity index (χ0n) is 15.6. The molecule has 3 fully saturated rings. The summed E-state index contributed by atoms with van der Waals surface area (Å²) in [6.07, 6.45) is 7.60. The van der Waals surface area contributed by atoms with Crippen molar-refractivity contribution in [1.82, 2.24) is 15.1 Å². The molecule has 0 radical (unpaired) electrons. The van der Waals surface area contributed by atoms with E-state index in [-0.39, 0.29) is 11.7 Å². The summed E-state index contributed by atoms with van der Waals surface area (Å²) in [5.41, 5.74) is 0.517. The number of nitrogens with zero attached hydrogens (tertiary/aromatic N) is 2. The predicted molar refractivity (Wildman–Crippen MR) is 100 cm³/mol. The van der Waals surface area contributed by atoms with E-state index in [2.05, 4.69) is 15.1 Å². The van der Waals surface area contributed by atoms with Gasteiger partial charge in [0.1, 0.15) is 11.4 Å². The number of carbonyl (C=O) groups is 1. The lowest BCUT2D eigenvalue weighted by atomic mass is 9.87. The van der Waals surface area contributed by atoms with E-state index >= 15 is 0 Å². The van der Waals surface area contributed by atoms with E-state index in [0.29, 0.717) is 6.42 Å². The second-order valence-electron chi connectivity index (χ2n) is 8.18. The molecule has 2 saturated heterocycles. The fraction of sp³-hybridized carbons (Fsp3) is 0.667. The first-order chi connectivity index (χ1) is 12.7. The first-order valence-corrected chi connectivity index (χ1v) is 10.2. The van der Waals surface area contributed by atoms with Gasteiger partial charge in [0.2, 0.25) is 5.91 Å². The molecule has 142 valence electrons. The topological polar surface area (TPSA) is 35.6 Å². The molecule has 4 rings (SSSR count). The number of halogens is 1. The summed E-state index contributed by atoms with van der Waals surface area (Å²) in [5.74, 6) is 0.0203. The predicted octanol–water partition coefficient (Wildman–Crippen LogP) is 2.58. The minimum atomic E-state index is -0.510. The van der Waals surface area contributed by atoms with Crippen molar-refractivity contribution in [3.63, 3.8) is 0 Å². The van der Waals surface area contributed by atoms with Crippen LogP contribution < -0.4 is 5.32 Å². The lowest BCUT2D eigenvalue weighted by Gasteiger charge is -2.37. The molecule has 0 bridgehead atoms. The molecule has 1 amide bonds. The molecular formula is C21H30FN3O.